The van der Waals surface area contributed by atoms with Gasteiger partial charge in [0.2, 0.25) is 0 Å². The number of anilines is 1. The zero-order valence-electron chi connectivity index (χ0n) is 17.7. The number of amides is 1. The Hall–Kier alpha value is -3.52. The molecule has 0 aliphatic carbocycles. The first-order valence-electron chi connectivity index (χ1n) is 9.34. The number of rotatable bonds is 7. The summed E-state index contributed by atoms with van der Waals surface area (Å²) in [6.07, 6.45) is 0. The Bertz CT molecular complexity index is 1170. The minimum Gasteiger partial charge on any atom is -0.497 e. The molecule has 31 heavy (non-hydrogen) atoms. The van der Waals surface area contributed by atoms with Crippen LogP contribution in [0.3, 0.4) is 0 Å². The summed E-state index contributed by atoms with van der Waals surface area (Å²) >= 11 is 0. The van der Waals surface area contributed by atoms with Crippen LogP contribution in [0.15, 0.2) is 71.6 Å². The third-order valence-corrected chi connectivity index (χ3v) is 6.41. The number of sulfonamides is 1. The Morgan fingerprint density at radius 3 is 1.94 bits per heavy atom. The van der Waals surface area contributed by atoms with Gasteiger partial charge in [0.15, 0.2) is 11.5 Å². The van der Waals surface area contributed by atoms with E-state index < -0.39 is 15.9 Å². The maximum Gasteiger partial charge on any atom is 0.272 e. The molecule has 0 unspecified atom stereocenters. The highest BCUT2D eigenvalue weighted by molar-refractivity contribution is 7.93. The van der Waals surface area contributed by atoms with Gasteiger partial charge in [0.25, 0.3) is 15.9 Å². The van der Waals surface area contributed by atoms with Gasteiger partial charge in [0, 0.05) is 5.56 Å². The molecule has 7 nitrogen and oxygen atoms in total. The summed E-state index contributed by atoms with van der Waals surface area (Å²) in [5, 5.41) is 0. The Balaban J connectivity index is 2.15. The number of ether oxygens (including phenoxy) is 3. The molecular weight excluding hydrogens is 418 g/mol. The Morgan fingerprint density at radius 1 is 0.774 bits per heavy atom. The predicted molar refractivity (Wildman–Crippen MR) is 118 cm³/mol. The molecule has 0 aliphatic heterocycles. The third kappa shape index (κ3) is 4.49. The van der Waals surface area contributed by atoms with Crippen LogP contribution in [0, 0.1) is 6.92 Å². The van der Waals surface area contributed by atoms with Crippen LogP contribution in [0.1, 0.15) is 15.9 Å². The van der Waals surface area contributed by atoms with Crippen LogP contribution in [0.4, 0.5) is 5.69 Å². The third-order valence-electron chi connectivity index (χ3n) is 4.68. The lowest BCUT2D eigenvalue weighted by Crippen LogP contribution is -2.37. The molecule has 0 saturated carbocycles. The average molecular weight is 442 g/mol. The Labute approximate surface area is 181 Å². The van der Waals surface area contributed by atoms with Crippen molar-refractivity contribution in [3.05, 3.63) is 77.9 Å². The van der Waals surface area contributed by atoms with Crippen molar-refractivity contribution in [3.8, 4) is 17.2 Å². The second-order valence-electron chi connectivity index (χ2n) is 6.66. The first-order valence-corrected chi connectivity index (χ1v) is 10.8. The van der Waals surface area contributed by atoms with Crippen molar-refractivity contribution in [1.29, 1.82) is 0 Å². The van der Waals surface area contributed by atoms with E-state index in [0.29, 0.717) is 17.2 Å². The van der Waals surface area contributed by atoms with Crippen LogP contribution in [0.25, 0.3) is 0 Å². The monoisotopic (exact) mass is 441 g/mol. The highest BCUT2D eigenvalue weighted by Crippen LogP contribution is 2.31. The first-order chi connectivity index (χ1) is 14.8. The van der Waals surface area contributed by atoms with Gasteiger partial charge in [-0.3, -0.25) is 4.79 Å². The number of methoxy groups -OCH3 is 3. The summed E-state index contributed by atoms with van der Waals surface area (Å²) in [5.74, 6) is 0.550. The maximum atomic E-state index is 13.5. The fraction of sp³-hybridized carbons (Fsp3) is 0.174. The number of carbonyl (C=O) groups excluding carboxylic acids is 1. The van der Waals surface area contributed by atoms with Crippen LogP contribution in [-0.4, -0.2) is 35.7 Å². The number of nitrogens with zero attached hydrogens (tertiary/aromatic N) is 1. The zero-order valence-corrected chi connectivity index (χ0v) is 18.5. The SMILES string of the molecule is COc1ccc(N(C(=O)c2ccc(OC)c(OC)c2)S(=O)(=O)c2ccc(C)cc2)cc1. The summed E-state index contributed by atoms with van der Waals surface area (Å²) in [6.45, 7) is 1.85. The van der Waals surface area contributed by atoms with E-state index in [1.165, 1.54) is 57.7 Å². The van der Waals surface area contributed by atoms with E-state index in [1.54, 1.807) is 30.3 Å². The second kappa shape index (κ2) is 9.09. The van der Waals surface area contributed by atoms with E-state index in [2.05, 4.69) is 0 Å². The van der Waals surface area contributed by atoms with Crippen molar-refractivity contribution in [2.45, 2.75) is 11.8 Å². The Morgan fingerprint density at radius 2 is 1.39 bits per heavy atom. The summed E-state index contributed by atoms with van der Waals surface area (Å²) in [6, 6.07) is 17.0. The smallest absolute Gasteiger partial charge is 0.272 e. The summed E-state index contributed by atoms with van der Waals surface area (Å²) in [4.78, 5) is 13.5. The van der Waals surface area contributed by atoms with Crippen LogP contribution in [0.2, 0.25) is 0 Å². The lowest BCUT2D eigenvalue weighted by molar-refractivity contribution is 0.100. The summed E-state index contributed by atoms with van der Waals surface area (Å²) < 4.78 is 43.4. The molecule has 0 aliphatic rings. The summed E-state index contributed by atoms with van der Waals surface area (Å²) in [5.41, 5.74) is 1.21. The fourth-order valence-electron chi connectivity index (χ4n) is 2.98. The fourth-order valence-corrected chi connectivity index (χ4v) is 4.40. The topological polar surface area (TPSA) is 82.1 Å². The van der Waals surface area contributed by atoms with Crippen molar-refractivity contribution < 1.29 is 27.4 Å². The molecular formula is C23H23NO6S. The van der Waals surface area contributed by atoms with Gasteiger partial charge in [-0.1, -0.05) is 17.7 Å². The zero-order chi connectivity index (χ0) is 22.6. The molecule has 0 N–H and O–H groups in total. The number of aryl methyl sites for hydroxylation is 1. The molecule has 0 heterocycles. The van der Waals surface area contributed by atoms with E-state index >= 15 is 0 Å². The minimum absolute atomic E-state index is 0.00254. The highest BCUT2D eigenvalue weighted by Gasteiger charge is 2.32. The molecule has 8 heteroatoms. The van der Waals surface area contributed by atoms with Crippen LogP contribution >= 0.6 is 0 Å². The van der Waals surface area contributed by atoms with Gasteiger partial charge in [-0.2, -0.15) is 4.31 Å². The molecule has 0 spiro atoms. The van der Waals surface area contributed by atoms with Crippen molar-refractivity contribution in [2.75, 3.05) is 25.6 Å². The lowest BCUT2D eigenvalue weighted by atomic mass is 10.2. The molecule has 0 aromatic heterocycles. The quantitative estimate of drug-likeness (QED) is 0.550. The van der Waals surface area contributed by atoms with E-state index in [1.807, 2.05) is 6.92 Å². The average Bonchev–Trinajstić information content (AvgIpc) is 2.79. The van der Waals surface area contributed by atoms with E-state index in [4.69, 9.17) is 14.2 Å². The molecule has 1 amide bonds. The molecule has 0 radical (unpaired) electrons. The van der Waals surface area contributed by atoms with Gasteiger partial charge in [-0.15, -0.1) is 0 Å². The van der Waals surface area contributed by atoms with E-state index in [9.17, 15) is 13.2 Å². The second-order valence-corrected chi connectivity index (χ2v) is 8.44. The number of benzene rings is 3. The van der Waals surface area contributed by atoms with E-state index in [-0.39, 0.29) is 16.1 Å². The van der Waals surface area contributed by atoms with Gasteiger partial charge in [0.1, 0.15) is 5.75 Å². The minimum atomic E-state index is -4.20. The lowest BCUT2D eigenvalue weighted by Gasteiger charge is -2.23. The highest BCUT2D eigenvalue weighted by atomic mass is 32.2. The van der Waals surface area contributed by atoms with Gasteiger partial charge in [0.05, 0.1) is 31.9 Å². The largest absolute Gasteiger partial charge is 0.497 e. The predicted octanol–water partition coefficient (Wildman–Crippen LogP) is 4.06. The normalized spacial score (nSPS) is 11.0. The number of hydrogen-bond acceptors (Lipinski definition) is 6. The maximum absolute atomic E-state index is 13.5. The van der Waals surface area contributed by atoms with Gasteiger partial charge in [-0.25, -0.2) is 8.42 Å². The van der Waals surface area contributed by atoms with Crippen molar-refractivity contribution in [3.63, 3.8) is 0 Å². The van der Waals surface area contributed by atoms with E-state index in [0.717, 1.165) is 9.87 Å². The van der Waals surface area contributed by atoms with Crippen LogP contribution in [0.5, 0.6) is 17.2 Å². The molecule has 162 valence electrons. The molecule has 0 atom stereocenters. The van der Waals surface area contributed by atoms with Crippen LogP contribution in [-0.2, 0) is 10.0 Å². The van der Waals surface area contributed by atoms with Gasteiger partial charge >= 0.3 is 0 Å². The molecule has 3 aromatic rings. The number of hydrogen-bond donors (Lipinski definition) is 0. The van der Waals surface area contributed by atoms with Crippen LogP contribution < -0.4 is 18.5 Å². The van der Waals surface area contributed by atoms with Crippen molar-refractivity contribution in [1.82, 2.24) is 0 Å². The first kappa shape index (κ1) is 22.2. The molecule has 3 rings (SSSR count). The number of carbonyl (C=O) groups is 1. The standard InChI is InChI=1S/C23H23NO6S/c1-16-5-12-20(13-6-16)31(26,27)24(18-8-10-19(28-2)11-9-18)23(25)17-7-14-21(29-3)22(15-17)30-4/h5-15H,1-4H3. The Kier molecular flexibility index (Phi) is 6.50. The molecule has 0 saturated heterocycles. The van der Waals surface area contributed by atoms with Gasteiger partial charge < -0.3 is 14.2 Å². The van der Waals surface area contributed by atoms with Crippen molar-refractivity contribution >= 4 is 21.6 Å². The molecule has 0 fully saturated rings. The van der Waals surface area contributed by atoms with Crippen molar-refractivity contribution in [2.24, 2.45) is 0 Å². The molecule has 3 aromatic carbocycles. The summed E-state index contributed by atoms with van der Waals surface area (Å²) in [7, 11) is 0.220. The molecule has 0 bridgehead atoms. The van der Waals surface area contributed by atoms with Gasteiger partial charge in [-0.05, 0) is 61.5 Å².